The number of halogens is 1. The van der Waals surface area contributed by atoms with E-state index < -0.39 is 17.7 Å². The molecular weight excluding hydrogens is 430 g/mol. The number of ether oxygens (including phenoxy) is 2. The standard InChI is InChI=1S/C20H16BrNO6/c21-13-4-1-11(2-5-13)18(24)16-17(22(7-8-23)20(26)19(16)25)12-3-6-14-15(9-12)28-10-27-14/h1-6,9,17,23-24H,7-8,10H2/t17-/m1/s1. The van der Waals surface area contributed by atoms with Gasteiger partial charge in [-0.25, -0.2) is 0 Å². The molecule has 2 aromatic carbocycles. The third kappa shape index (κ3) is 3.04. The maximum absolute atomic E-state index is 12.7. The zero-order chi connectivity index (χ0) is 19.8. The fourth-order valence-electron chi connectivity index (χ4n) is 3.41. The normalized spacial score (nSPS) is 20.1. The summed E-state index contributed by atoms with van der Waals surface area (Å²) >= 11 is 3.33. The molecule has 0 radical (unpaired) electrons. The van der Waals surface area contributed by atoms with E-state index in [-0.39, 0.29) is 31.3 Å². The predicted octanol–water partition coefficient (Wildman–Crippen LogP) is 2.59. The summed E-state index contributed by atoms with van der Waals surface area (Å²) in [4.78, 5) is 26.6. The fraction of sp³-hybridized carbons (Fsp3) is 0.200. The number of hydrogen-bond donors (Lipinski definition) is 2. The smallest absolute Gasteiger partial charge is 0.295 e. The molecule has 0 aromatic heterocycles. The highest BCUT2D eigenvalue weighted by Crippen LogP contribution is 2.42. The average molecular weight is 446 g/mol. The molecule has 1 saturated heterocycles. The zero-order valence-electron chi connectivity index (χ0n) is 14.6. The van der Waals surface area contributed by atoms with Gasteiger partial charge in [-0.2, -0.15) is 0 Å². The number of hydrogen-bond acceptors (Lipinski definition) is 6. The van der Waals surface area contributed by atoms with Gasteiger partial charge in [0, 0.05) is 16.6 Å². The van der Waals surface area contributed by atoms with Crippen LogP contribution in [0.3, 0.4) is 0 Å². The number of benzene rings is 2. The number of likely N-dealkylation sites (tertiary alicyclic amines) is 1. The van der Waals surface area contributed by atoms with Crippen LogP contribution in [0, 0.1) is 0 Å². The van der Waals surface area contributed by atoms with Crippen molar-refractivity contribution >= 4 is 33.4 Å². The molecule has 2 N–H and O–H groups in total. The Morgan fingerprint density at radius 1 is 1.11 bits per heavy atom. The van der Waals surface area contributed by atoms with Crippen molar-refractivity contribution in [1.82, 2.24) is 4.90 Å². The van der Waals surface area contributed by atoms with Gasteiger partial charge in [0.25, 0.3) is 11.7 Å². The summed E-state index contributed by atoms with van der Waals surface area (Å²) in [5, 5.41) is 20.2. The van der Waals surface area contributed by atoms with Crippen LogP contribution >= 0.6 is 15.9 Å². The second-order valence-corrected chi connectivity index (χ2v) is 7.25. The highest BCUT2D eigenvalue weighted by atomic mass is 79.9. The first-order valence-corrected chi connectivity index (χ1v) is 9.35. The lowest BCUT2D eigenvalue weighted by molar-refractivity contribution is -0.140. The van der Waals surface area contributed by atoms with Crippen molar-refractivity contribution in [1.29, 1.82) is 0 Å². The molecule has 0 spiro atoms. The molecule has 1 amide bonds. The molecule has 0 unspecified atom stereocenters. The summed E-state index contributed by atoms with van der Waals surface area (Å²) in [5.74, 6) is -0.771. The first kappa shape index (κ1) is 18.5. The third-order valence-corrected chi connectivity index (χ3v) is 5.24. The average Bonchev–Trinajstić information content (AvgIpc) is 3.26. The van der Waals surface area contributed by atoms with Crippen LogP contribution in [-0.4, -0.2) is 46.7 Å². The molecule has 0 aliphatic carbocycles. The number of ketones is 1. The molecule has 1 fully saturated rings. The number of β-amino-alcohol motifs (C(OH)–C–C–N with tert-alkyl or cyclic N) is 1. The zero-order valence-corrected chi connectivity index (χ0v) is 16.2. The van der Waals surface area contributed by atoms with Crippen LogP contribution in [0.25, 0.3) is 5.76 Å². The topological polar surface area (TPSA) is 96.3 Å². The van der Waals surface area contributed by atoms with E-state index in [4.69, 9.17) is 9.47 Å². The maximum Gasteiger partial charge on any atom is 0.295 e. The Morgan fingerprint density at radius 2 is 1.82 bits per heavy atom. The minimum absolute atomic E-state index is 0.0281. The lowest BCUT2D eigenvalue weighted by Crippen LogP contribution is -2.32. The second kappa shape index (κ2) is 7.29. The quantitative estimate of drug-likeness (QED) is 0.426. The van der Waals surface area contributed by atoms with Gasteiger partial charge in [0.1, 0.15) is 5.76 Å². The Labute approximate surface area is 168 Å². The number of aliphatic hydroxyl groups is 2. The Balaban J connectivity index is 1.87. The highest BCUT2D eigenvalue weighted by Gasteiger charge is 2.46. The number of fused-ring (bicyclic) bond motifs is 1. The van der Waals surface area contributed by atoms with Gasteiger partial charge in [-0.15, -0.1) is 0 Å². The van der Waals surface area contributed by atoms with E-state index in [9.17, 15) is 19.8 Å². The number of amides is 1. The lowest BCUT2D eigenvalue weighted by Gasteiger charge is -2.24. The molecule has 28 heavy (non-hydrogen) atoms. The Morgan fingerprint density at radius 3 is 2.54 bits per heavy atom. The number of carbonyl (C=O) groups is 2. The van der Waals surface area contributed by atoms with E-state index in [1.807, 2.05) is 0 Å². The summed E-state index contributed by atoms with van der Waals surface area (Å²) in [6, 6.07) is 11.0. The Hall–Kier alpha value is -2.84. The second-order valence-electron chi connectivity index (χ2n) is 6.34. The van der Waals surface area contributed by atoms with Gasteiger partial charge >= 0.3 is 0 Å². The van der Waals surface area contributed by atoms with Crippen molar-refractivity contribution in [2.45, 2.75) is 6.04 Å². The van der Waals surface area contributed by atoms with Crippen LogP contribution in [0.4, 0.5) is 0 Å². The lowest BCUT2D eigenvalue weighted by atomic mass is 9.95. The molecule has 4 rings (SSSR count). The van der Waals surface area contributed by atoms with Gasteiger partial charge in [-0.3, -0.25) is 9.59 Å². The molecule has 2 aliphatic rings. The van der Waals surface area contributed by atoms with E-state index in [1.54, 1.807) is 42.5 Å². The first-order valence-electron chi connectivity index (χ1n) is 8.56. The first-order chi connectivity index (χ1) is 13.5. The van der Waals surface area contributed by atoms with Gasteiger partial charge < -0.3 is 24.6 Å². The largest absolute Gasteiger partial charge is 0.507 e. The van der Waals surface area contributed by atoms with Crippen LogP contribution in [0.1, 0.15) is 17.2 Å². The fourth-order valence-corrected chi connectivity index (χ4v) is 3.68. The van der Waals surface area contributed by atoms with E-state index in [0.29, 0.717) is 22.6 Å². The Bertz CT molecular complexity index is 985. The Kier molecular flexibility index (Phi) is 4.82. The SMILES string of the molecule is O=C1C(=O)N(CCO)[C@H](c2ccc3c(c2)OCO3)C1=C(O)c1ccc(Br)cc1. The summed E-state index contributed by atoms with van der Waals surface area (Å²) in [7, 11) is 0. The highest BCUT2D eigenvalue weighted by molar-refractivity contribution is 9.10. The number of Topliss-reactive ketones (excluding diaryl/α,β-unsaturated/α-hetero) is 1. The van der Waals surface area contributed by atoms with Crippen LogP contribution in [0.2, 0.25) is 0 Å². The summed E-state index contributed by atoms with van der Waals surface area (Å²) in [6.45, 7) is -0.262. The number of aliphatic hydroxyl groups excluding tert-OH is 2. The van der Waals surface area contributed by atoms with Crippen LogP contribution < -0.4 is 9.47 Å². The van der Waals surface area contributed by atoms with Crippen molar-refractivity contribution in [3.63, 3.8) is 0 Å². The predicted molar refractivity (Wildman–Crippen MR) is 103 cm³/mol. The summed E-state index contributed by atoms with van der Waals surface area (Å²) in [5.41, 5.74) is 0.964. The van der Waals surface area contributed by atoms with Crippen molar-refractivity contribution < 1.29 is 29.3 Å². The molecular formula is C20H16BrNO6. The van der Waals surface area contributed by atoms with Crippen molar-refractivity contribution in [3.05, 3.63) is 63.6 Å². The summed E-state index contributed by atoms with van der Waals surface area (Å²) in [6.07, 6.45) is 0. The molecule has 2 aliphatic heterocycles. The summed E-state index contributed by atoms with van der Waals surface area (Å²) < 4.78 is 11.5. The van der Waals surface area contributed by atoms with Gasteiger partial charge in [-0.05, 0) is 29.8 Å². The van der Waals surface area contributed by atoms with Crippen LogP contribution in [-0.2, 0) is 9.59 Å². The molecule has 2 aromatic rings. The van der Waals surface area contributed by atoms with Crippen molar-refractivity contribution in [2.75, 3.05) is 19.9 Å². The molecule has 2 heterocycles. The van der Waals surface area contributed by atoms with Gasteiger partial charge in [0.2, 0.25) is 6.79 Å². The van der Waals surface area contributed by atoms with Gasteiger partial charge in [0.15, 0.2) is 11.5 Å². The van der Waals surface area contributed by atoms with Crippen LogP contribution in [0.5, 0.6) is 11.5 Å². The van der Waals surface area contributed by atoms with Crippen molar-refractivity contribution in [2.24, 2.45) is 0 Å². The minimum atomic E-state index is -0.842. The van der Waals surface area contributed by atoms with E-state index in [0.717, 1.165) is 4.47 Å². The number of nitrogens with zero attached hydrogens (tertiary/aromatic N) is 1. The van der Waals surface area contributed by atoms with Gasteiger partial charge in [-0.1, -0.05) is 34.1 Å². The molecule has 0 bridgehead atoms. The minimum Gasteiger partial charge on any atom is -0.507 e. The molecule has 7 nitrogen and oxygen atoms in total. The maximum atomic E-state index is 12.7. The van der Waals surface area contributed by atoms with E-state index >= 15 is 0 Å². The molecule has 0 saturated carbocycles. The van der Waals surface area contributed by atoms with Crippen molar-refractivity contribution in [3.8, 4) is 11.5 Å². The number of rotatable bonds is 4. The monoisotopic (exact) mass is 445 g/mol. The van der Waals surface area contributed by atoms with E-state index in [1.165, 1.54) is 4.90 Å². The third-order valence-electron chi connectivity index (χ3n) is 4.71. The molecule has 144 valence electrons. The number of carbonyl (C=O) groups excluding carboxylic acids is 2. The molecule has 1 atom stereocenters. The van der Waals surface area contributed by atoms with Gasteiger partial charge in [0.05, 0.1) is 18.2 Å². The van der Waals surface area contributed by atoms with E-state index in [2.05, 4.69) is 15.9 Å². The van der Waals surface area contributed by atoms with Crippen LogP contribution in [0.15, 0.2) is 52.5 Å². The molecule has 8 heteroatoms.